The van der Waals surface area contributed by atoms with Crippen molar-refractivity contribution in [3.8, 4) is 11.5 Å². The van der Waals surface area contributed by atoms with E-state index in [1.54, 1.807) is 30.3 Å². The maximum atomic E-state index is 11.8. The summed E-state index contributed by atoms with van der Waals surface area (Å²) < 4.78 is 10.2. The summed E-state index contributed by atoms with van der Waals surface area (Å²) in [4.78, 5) is 22.2. The Morgan fingerprint density at radius 3 is 2.60 bits per heavy atom. The molecule has 9 heteroatoms. The van der Waals surface area contributed by atoms with Gasteiger partial charge in [0.05, 0.1) is 12.0 Å². The smallest absolute Gasteiger partial charge is 0.312 e. The molecule has 0 aromatic heterocycles. The second-order valence-corrected chi connectivity index (χ2v) is 5.16. The zero-order valence-electron chi connectivity index (χ0n) is 13.2. The van der Waals surface area contributed by atoms with Crippen LogP contribution in [-0.4, -0.2) is 29.7 Å². The van der Waals surface area contributed by atoms with E-state index in [0.717, 1.165) is 0 Å². The number of rotatable bonds is 6. The number of para-hydroxylation sites is 1. The number of thiocarbonyl (C=S) groups is 1. The lowest BCUT2D eigenvalue weighted by molar-refractivity contribution is -0.385. The van der Waals surface area contributed by atoms with E-state index in [1.165, 1.54) is 19.2 Å². The summed E-state index contributed by atoms with van der Waals surface area (Å²) >= 11 is 5.01. The number of nitrogens with zero attached hydrogens (tertiary/aromatic N) is 1. The van der Waals surface area contributed by atoms with Crippen molar-refractivity contribution in [2.24, 2.45) is 0 Å². The van der Waals surface area contributed by atoms with Crippen LogP contribution >= 0.6 is 12.2 Å². The van der Waals surface area contributed by atoms with Crippen LogP contribution in [0.3, 0.4) is 0 Å². The molecule has 2 aromatic rings. The van der Waals surface area contributed by atoms with Crippen LogP contribution in [0.25, 0.3) is 0 Å². The minimum Gasteiger partial charge on any atom is -0.490 e. The van der Waals surface area contributed by atoms with Gasteiger partial charge in [-0.3, -0.25) is 20.2 Å². The SMILES string of the molecule is COc1ccc(NC(=S)NC(=O)COc2ccccc2)cc1[N+](=O)[O-]. The number of hydrogen-bond donors (Lipinski definition) is 2. The van der Waals surface area contributed by atoms with Crippen molar-refractivity contribution in [3.63, 3.8) is 0 Å². The van der Waals surface area contributed by atoms with Gasteiger partial charge < -0.3 is 14.8 Å². The highest BCUT2D eigenvalue weighted by Crippen LogP contribution is 2.29. The Balaban J connectivity index is 1.90. The Bertz CT molecular complexity index is 783. The number of hydrogen-bond acceptors (Lipinski definition) is 6. The van der Waals surface area contributed by atoms with E-state index in [-0.39, 0.29) is 23.2 Å². The Labute approximate surface area is 148 Å². The third-order valence-electron chi connectivity index (χ3n) is 3.00. The third kappa shape index (κ3) is 5.43. The van der Waals surface area contributed by atoms with E-state index in [1.807, 2.05) is 6.07 Å². The molecule has 0 aliphatic carbocycles. The highest BCUT2D eigenvalue weighted by atomic mass is 32.1. The largest absolute Gasteiger partial charge is 0.490 e. The van der Waals surface area contributed by atoms with Crippen molar-refractivity contribution in [3.05, 3.63) is 58.6 Å². The quantitative estimate of drug-likeness (QED) is 0.463. The molecule has 25 heavy (non-hydrogen) atoms. The first-order chi connectivity index (χ1) is 12.0. The standard InChI is InChI=1S/C16H15N3O5S/c1-23-14-8-7-11(9-13(14)19(21)22)17-16(25)18-15(20)10-24-12-5-3-2-4-6-12/h2-9H,10H2,1H3,(H2,17,18,20,25). The summed E-state index contributed by atoms with van der Waals surface area (Å²) in [6.07, 6.45) is 0. The molecule has 0 radical (unpaired) electrons. The molecule has 0 spiro atoms. The number of benzene rings is 2. The third-order valence-corrected chi connectivity index (χ3v) is 3.20. The topological polar surface area (TPSA) is 103 Å². The number of carbonyl (C=O) groups excluding carboxylic acids is 1. The van der Waals surface area contributed by atoms with Gasteiger partial charge in [0.25, 0.3) is 5.91 Å². The fourth-order valence-corrected chi connectivity index (χ4v) is 2.13. The van der Waals surface area contributed by atoms with Gasteiger partial charge in [0, 0.05) is 11.8 Å². The molecule has 0 aliphatic rings. The van der Waals surface area contributed by atoms with E-state index < -0.39 is 10.8 Å². The summed E-state index contributed by atoms with van der Waals surface area (Å²) in [6.45, 7) is -0.214. The van der Waals surface area contributed by atoms with Crippen LogP contribution < -0.4 is 20.1 Å². The maximum Gasteiger partial charge on any atom is 0.312 e. The summed E-state index contributed by atoms with van der Waals surface area (Å²) in [5.41, 5.74) is 0.135. The highest BCUT2D eigenvalue weighted by molar-refractivity contribution is 7.80. The molecular formula is C16H15N3O5S. The van der Waals surface area contributed by atoms with Crippen LogP contribution in [0, 0.1) is 10.1 Å². The Morgan fingerprint density at radius 1 is 1.24 bits per heavy atom. The lowest BCUT2D eigenvalue weighted by atomic mass is 10.2. The van der Waals surface area contributed by atoms with Crippen molar-refractivity contribution >= 4 is 34.6 Å². The van der Waals surface area contributed by atoms with E-state index in [0.29, 0.717) is 11.4 Å². The lowest BCUT2D eigenvalue weighted by Crippen LogP contribution is -2.37. The van der Waals surface area contributed by atoms with Crippen molar-refractivity contribution in [2.75, 3.05) is 19.0 Å². The molecule has 0 heterocycles. The number of ether oxygens (including phenoxy) is 2. The second kappa shape index (κ2) is 8.60. The van der Waals surface area contributed by atoms with Gasteiger partial charge in [-0.15, -0.1) is 0 Å². The summed E-state index contributed by atoms with van der Waals surface area (Å²) in [5, 5.41) is 16.1. The first kappa shape index (κ1) is 18.1. The Morgan fingerprint density at radius 2 is 1.96 bits per heavy atom. The monoisotopic (exact) mass is 361 g/mol. The number of anilines is 1. The fraction of sp³-hybridized carbons (Fsp3) is 0.125. The Kier molecular flexibility index (Phi) is 6.24. The van der Waals surface area contributed by atoms with Crippen molar-refractivity contribution < 1.29 is 19.2 Å². The Hall–Kier alpha value is -3.20. The van der Waals surface area contributed by atoms with Gasteiger partial charge in [-0.05, 0) is 36.5 Å². The van der Waals surface area contributed by atoms with E-state index in [2.05, 4.69) is 10.6 Å². The van der Waals surface area contributed by atoms with Crippen LogP contribution in [0.4, 0.5) is 11.4 Å². The van der Waals surface area contributed by atoms with Crippen molar-refractivity contribution in [2.45, 2.75) is 0 Å². The van der Waals surface area contributed by atoms with Crippen molar-refractivity contribution in [1.29, 1.82) is 0 Å². The first-order valence-electron chi connectivity index (χ1n) is 7.10. The lowest BCUT2D eigenvalue weighted by Gasteiger charge is -2.11. The minimum absolute atomic E-state index is 0.00104. The average molecular weight is 361 g/mol. The molecule has 0 saturated carbocycles. The highest BCUT2D eigenvalue weighted by Gasteiger charge is 2.16. The van der Waals surface area contributed by atoms with Gasteiger partial charge in [-0.1, -0.05) is 18.2 Å². The summed E-state index contributed by atoms with van der Waals surface area (Å²) in [5.74, 6) is 0.230. The molecular weight excluding hydrogens is 346 g/mol. The number of nitro groups is 1. The summed E-state index contributed by atoms with van der Waals surface area (Å²) in [7, 11) is 1.34. The zero-order valence-corrected chi connectivity index (χ0v) is 14.0. The van der Waals surface area contributed by atoms with E-state index in [4.69, 9.17) is 21.7 Å². The molecule has 2 N–H and O–H groups in total. The van der Waals surface area contributed by atoms with Gasteiger partial charge in [-0.25, -0.2) is 0 Å². The minimum atomic E-state index is -0.570. The molecule has 2 rings (SSSR count). The van der Waals surface area contributed by atoms with Crippen LogP contribution in [0.15, 0.2) is 48.5 Å². The summed E-state index contributed by atoms with van der Waals surface area (Å²) in [6, 6.07) is 13.1. The van der Waals surface area contributed by atoms with E-state index >= 15 is 0 Å². The van der Waals surface area contributed by atoms with Crippen molar-refractivity contribution in [1.82, 2.24) is 5.32 Å². The molecule has 8 nitrogen and oxygen atoms in total. The van der Waals surface area contributed by atoms with Gasteiger partial charge in [0.15, 0.2) is 17.5 Å². The fourth-order valence-electron chi connectivity index (χ4n) is 1.90. The molecule has 0 saturated heterocycles. The predicted molar refractivity (Wildman–Crippen MR) is 95.9 cm³/mol. The average Bonchev–Trinajstić information content (AvgIpc) is 2.60. The number of nitro benzene ring substituents is 1. The number of nitrogens with one attached hydrogen (secondary N) is 2. The van der Waals surface area contributed by atoms with Gasteiger partial charge in [0.1, 0.15) is 5.75 Å². The number of amides is 1. The molecule has 2 aromatic carbocycles. The molecule has 0 aliphatic heterocycles. The number of carbonyl (C=O) groups is 1. The molecule has 130 valence electrons. The second-order valence-electron chi connectivity index (χ2n) is 4.75. The number of methoxy groups -OCH3 is 1. The van der Waals surface area contributed by atoms with Crippen LogP contribution in [0.2, 0.25) is 0 Å². The molecule has 0 fully saturated rings. The predicted octanol–water partition coefficient (Wildman–Crippen LogP) is 2.50. The zero-order chi connectivity index (χ0) is 18.2. The first-order valence-corrected chi connectivity index (χ1v) is 7.51. The van der Waals surface area contributed by atoms with Gasteiger partial charge >= 0.3 is 5.69 Å². The van der Waals surface area contributed by atoms with Gasteiger partial charge in [-0.2, -0.15) is 0 Å². The molecule has 1 amide bonds. The normalized spacial score (nSPS) is 9.80. The van der Waals surface area contributed by atoms with E-state index in [9.17, 15) is 14.9 Å². The van der Waals surface area contributed by atoms with Crippen LogP contribution in [-0.2, 0) is 4.79 Å². The molecule has 0 unspecified atom stereocenters. The van der Waals surface area contributed by atoms with Crippen LogP contribution in [0.5, 0.6) is 11.5 Å². The molecule has 0 atom stereocenters. The van der Waals surface area contributed by atoms with Crippen LogP contribution in [0.1, 0.15) is 0 Å². The van der Waals surface area contributed by atoms with Gasteiger partial charge in [0.2, 0.25) is 0 Å². The maximum absolute atomic E-state index is 11.8. The molecule has 0 bridgehead atoms.